The molecule has 0 aliphatic carbocycles. The maximum atomic E-state index is 10.6. The largest absolute Gasteiger partial charge is 0.486 e. The first-order valence-electron chi connectivity index (χ1n) is 6.87. The highest BCUT2D eigenvalue weighted by molar-refractivity contribution is 6.31. The van der Waals surface area contributed by atoms with E-state index in [1.54, 1.807) is 4.68 Å². The van der Waals surface area contributed by atoms with Crippen molar-refractivity contribution in [2.24, 2.45) is 0 Å². The summed E-state index contributed by atoms with van der Waals surface area (Å²) in [6, 6.07) is 7.49. The average molecular weight is 309 g/mol. The highest BCUT2D eigenvalue weighted by Crippen LogP contribution is 2.36. The zero-order chi connectivity index (χ0) is 15.0. The topological polar surface area (TPSA) is 56.5 Å². The molecule has 3 rings (SSSR count). The van der Waals surface area contributed by atoms with E-state index in [9.17, 15) is 5.11 Å². The lowest BCUT2D eigenvalue weighted by Crippen LogP contribution is -2.36. The minimum atomic E-state index is -0.907. The van der Waals surface area contributed by atoms with Gasteiger partial charge >= 0.3 is 0 Å². The fourth-order valence-electron chi connectivity index (χ4n) is 2.41. The van der Waals surface area contributed by atoms with Gasteiger partial charge in [0.2, 0.25) is 0 Å². The standard InChI is InChI=1S/C15H17ClN2O3/c1-9(2)18-14(10(16)7-17-18)15(19)13-8-20-11-5-3-4-6-12(11)21-13/h3-7,9,13,15,19H,8H2,1-2H3. The number of aromatic nitrogens is 2. The fourth-order valence-corrected chi connectivity index (χ4v) is 2.65. The number of benzene rings is 1. The molecule has 5 nitrogen and oxygen atoms in total. The van der Waals surface area contributed by atoms with Gasteiger partial charge < -0.3 is 14.6 Å². The Morgan fingerprint density at radius 1 is 1.33 bits per heavy atom. The molecule has 2 unspecified atom stereocenters. The second-order valence-electron chi connectivity index (χ2n) is 5.27. The Bertz CT molecular complexity index is 642. The van der Waals surface area contributed by atoms with Crippen LogP contribution in [0.5, 0.6) is 11.5 Å². The summed E-state index contributed by atoms with van der Waals surface area (Å²) in [4.78, 5) is 0. The Morgan fingerprint density at radius 2 is 2.05 bits per heavy atom. The zero-order valence-electron chi connectivity index (χ0n) is 11.9. The molecule has 2 atom stereocenters. The van der Waals surface area contributed by atoms with Gasteiger partial charge in [0.1, 0.15) is 12.7 Å². The number of ether oxygens (including phenoxy) is 2. The first-order chi connectivity index (χ1) is 10.1. The monoisotopic (exact) mass is 308 g/mol. The number of aliphatic hydroxyl groups excluding tert-OH is 1. The van der Waals surface area contributed by atoms with Gasteiger partial charge in [-0.2, -0.15) is 5.10 Å². The highest BCUT2D eigenvalue weighted by atomic mass is 35.5. The van der Waals surface area contributed by atoms with Gasteiger partial charge in [0.05, 0.1) is 16.9 Å². The first-order valence-corrected chi connectivity index (χ1v) is 7.25. The average Bonchev–Trinajstić information content (AvgIpc) is 2.88. The van der Waals surface area contributed by atoms with E-state index in [0.717, 1.165) is 0 Å². The summed E-state index contributed by atoms with van der Waals surface area (Å²) in [7, 11) is 0. The summed E-state index contributed by atoms with van der Waals surface area (Å²) in [6.07, 6.45) is 0.111. The molecule has 1 aliphatic heterocycles. The first kappa shape index (κ1) is 14.2. The van der Waals surface area contributed by atoms with Crippen molar-refractivity contribution in [3.8, 4) is 11.5 Å². The molecule has 21 heavy (non-hydrogen) atoms. The Kier molecular flexibility index (Phi) is 3.78. The van der Waals surface area contributed by atoms with Crippen LogP contribution in [-0.4, -0.2) is 27.6 Å². The molecule has 0 fully saturated rings. The molecule has 0 bridgehead atoms. The maximum absolute atomic E-state index is 10.6. The molecule has 1 N–H and O–H groups in total. The lowest BCUT2D eigenvalue weighted by atomic mass is 10.1. The van der Waals surface area contributed by atoms with E-state index < -0.39 is 12.2 Å². The Morgan fingerprint density at radius 3 is 2.76 bits per heavy atom. The molecule has 6 heteroatoms. The number of halogens is 1. The summed E-state index contributed by atoms with van der Waals surface area (Å²) < 4.78 is 13.2. The molecule has 0 saturated carbocycles. The van der Waals surface area contributed by atoms with Crippen LogP contribution in [0.2, 0.25) is 5.02 Å². The van der Waals surface area contributed by atoms with E-state index >= 15 is 0 Å². The van der Waals surface area contributed by atoms with Gasteiger partial charge in [0.25, 0.3) is 0 Å². The predicted molar refractivity (Wildman–Crippen MR) is 78.9 cm³/mol. The van der Waals surface area contributed by atoms with Crippen LogP contribution in [0.25, 0.3) is 0 Å². The van der Waals surface area contributed by atoms with Crippen LogP contribution in [0.4, 0.5) is 0 Å². The lowest BCUT2D eigenvalue weighted by molar-refractivity contribution is -0.0157. The summed E-state index contributed by atoms with van der Waals surface area (Å²) in [5.74, 6) is 1.31. The van der Waals surface area contributed by atoms with Gasteiger partial charge in [-0.25, -0.2) is 0 Å². The molecule has 0 amide bonds. The zero-order valence-corrected chi connectivity index (χ0v) is 12.6. The second-order valence-corrected chi connectivity index (χ2v) is 5.68. The van der Waals surface area contributed by atoms with Crippen LogP contribution < -0.4 is 9.47 Å². The van der Waals surface area contributed by atoms with Gasteiger partial charge in [-0.1, -0.05) is 23.7 Å². The number of fused-ring (bicyclic) bond motifs is 1. The number of nitrogens with zero attached hydrogens (tertiary/aromatic N) is 2. The molecule has 1 aliphatic rings. The summed E-state index contributed by atoms with van der Waals surface area (Å²) in [5.41, 5.74) is 0.555. The number of para-hydroxylation sites is 2. The minimum Gasteiger partial charge on any atom is -0.486 e. The third-order valence-corrected chi connectivity index (χ3v) is 3.73. The molecule has 1 aromatic carbocycles. The van der Waals surface area contributed by atoms with Crippen molar-refractivity contribution in [3.05, 3.63) is 41.2 Å². The van der Waals surface area contributed by atoms with Crippen molar-refractivity contribution >= 4 is 11.6 Å². The van der Waals surface area contributed by atoms with Gasteiger partial charge in [0.15, 0.2) is 17.6 Å². The Hall–Kier alpha value is -1.72. The Labute approximate surface area is 128 Å². The van der Waals surface area contributed by atoms with Crippen LogP contribution >= 0.6 is 11.6 Å². The quantitative estimate of drug-likeness (QED) is 0.947. The van der Waals surface area contributed by atoms with Crippen molar-refractivity contribution in [2.75, 3.05) is 6.61 Å². The number of hydrogen-bond acceptors (Lipinski definition) is 4. The molecule has 0 radical (unpaired) electrons. The molecule has 1 aromatic heterocycles. The number of hydrogen-bond donors (Lipinski definition) is 1. The molecule has 0 spiro atoms. The van der Waals surface area contributed by atoms with E-state index in [2.05, 4.69) is 5.10 Å². The van der Waals surface area contributed by atoms with Crippen molar-refractivity contribution in [3.63, 3.8) is 0 Å². The normalized spacial score (nSPS) is 18.8. The van der Waals surface area contributed by atoms with Crippen LogP contribution in [0.3, 0.4) is 0 Å². The van der Waals surface area contributed by atoms with Crippen LogP contribution in [-0.2, 0) is 0 Å². The van der Waals surface area contributed by atoms with E-state index in [0.29, 0.717) is 22.2 Å². The molecule has 2 aromatic rings. The lowest BCUT2D eigenvalue weighted by Gasteiger charge is -2.30. The van der Waals surface area contributed by atoms with E-state index in [1.807, 2.05) is 38.1 Å². The smallest absolute Gasteiger partial charge is 0.164 e. The predicted octanol–water partition coefficient (Wildman–Crippen LogP) is 2.99. The third kappa shape index (κ3) is 2.59. The SMILES string of the molecule is CC(C)n1ncc(Cl)c1C(O)C1COc2ccccc2O1. The summed E-state index contributed by atoms with van der Waals surface area (Å²) in [6.45, 7) is 4.22. The molecule has 2 heterocycles. The molecular formula is C15H17ClN2O3. The van der Waals surface area contributed by atoms with E-state index in [4.69, 9.17) is 21.1 Å². The van der Waals surface area contributed by atoms with Gasteiger partial charge in [-0.05, 0) is 26.0 Å². The van der Waals surface area contributed by atoms with Gasteiger partial charge in [-0.3, -0.25) is 4.68 Å². The maximum Gasteiger partial charge on any atom is 0.164 e. The molecule has 112 valence electrons. The summed E-state index contributed by atoms with van der Waals surface area (Å²) >= 11 is 6.16. The van der Waals surface area contributed by atoms with Crippen molar-refractivity contribution in [2.45, 2.75) is 32.1 Å². The van der Waals surface area contributed by atoms with Crippen LogP contribution in [0.1, 0.15) is 31.7 Å². The van der Waals surface area contributed by atoms with Crippen molar-refractivity contribution in [1.82, 2.24) is 9.78 Å². The minimum absolute atomic E-state index is 0.0962. The van der Waals surface area contributed by atoms with Crippen LogP contribution in [0.15, 0.2) is 30.5 Å². The number of rotatable bonds is 3. The van der Waals surface area contributed by atoms with E-state index in [-0.39, 0.29) is 12.6 Å². The third-order valence-electron chi connectivity index (χ3n) is 3.44. The fraction of sp³-hybridized carbons (Fsp3) is 0.400. The van der Waals surface area contributed by atoms with Gasteiger partial charge in [0, 0.05) is 6.04 Å². The highest BCUT2D eigenvalue weighted by Gasteiger charge is 2.32. The van der Waals surface area contributed by atoms with E-state index in [1.165, 1.54) is 6.20 Å². The number of aliphatic hydroxyl groups is 1. The van der Waals surface area contributed by atoms with Gasteiger partial charge in [-0.15, -0.1) is 0 Å². The molecule has 0 saturated heterocycles. The van der Waals surface area contributed by atoms with Crippen molar-refractivity contribution in [1.29, 1.82) is 0 Å². The molecular weight excluding hydrogens is 292 g/mol. The van der Waals surface area contributed by atoms with Crippen molar-refractivity contribution < 1.29 is 14.6 Å². The van der Waals surface area contributed by atoms with Crippen LogP contribution in [0, 0.1) is 0 Å². The second kappa shape index (κ2) is 5.58. The summed E-state index contributed by atoms with van der Waals surface area (Å²) in [5, 5.41) is 15.3. The Balaban J connectivity index is 1.87.